The Bertz CT molecular complexity index is 871. The Morgan fingerprint density at radius 3 is 2.60 bits per heavy atom. The Balaban J connectivity index is 2.58. The summed E-state index contributed by atoms with van der Waals surface area (Å²) in [4.78, 5) is 4.26. The summed E-state index contributed by atoms with van der Waals surface area (Å²) in [7, 11) is 0. The number of hydrogen-bond acceptors (Lipinski definition) is 3. The minimum atomic E-state index is 0.614. The van der Waals surface area contributed by atoms with E-state index in [-0.39, 0.29) is 0 Å². The Morgan fingerprint density at radius 2 is 1.95 bits per heavy atom. The zero-order chi connectivity index (χ0) is 14.4. The number of benzene rings is 1. The second kappa shape index (κ2) is 4.23. The summed E-state index contributed by atoms with van der Waals surface area (Å²) in [6.45, 7) is 11.9. The molecule has 3 aromatic rings. The van der Waals surface area contributed by atoms with Gasteiger partial charge in [0.1, 0.15) is 5.58 Å². The molecule has 3 heteroatoms. The largest absolute Gasteiger partial charge is 0.437 e. The van der Waals surface area contributed by atoms with Crippen LogP contribution in [0.4, 0.5) is 5.69 Å². The van der Waals surface area contributed by atoms with Crippen LogP contribution in [0.1, 0.15) is 25.0 Å². The van der Waals surface area contributed by atoms with Gasteiger partial charge in [-0.3, -0.25) is 0 Å². The van der Waals surface area contributed by atoms with E-state index in [0.717, 1.165) is 38.6 Å². The highest BCUT2D eigenvalue weighted by atomic mass is 16.3. The molecule has 0 aliphatic rings. The van der Waals surface area contributed by atoms with Gasteiger partial charge in [-0.05, 0) is 43.2 Å². The third kappa shape index (κ3) is 1.63. The minimum Gasteiger partial charge on any atom is -0.437 e. The fourth-order valence-electron chi connectivity index (χ4n) is 2.54. The van der Waals surface area contributed by atoms with Gasteiger partial charge in [0.05, 0.1) is 5.69 Å². The van der Waals surface area contributed by atoms with E-state index >= 15 is 0 Å². The van der Waals surface area contributed by atoms with Crippen molar-refractivity contribution in [1.82, 2.24) is 4.98 Å². The molecule has 0 unspecified atom stereocenters. The standard InChI is InChI=1S/C17H16N2O/c1-9(2)12-8-13-11-6-5-7-19-17(11)20-16(13)14(10(3)4)15(12)18/h5-8H,1,3,18H2,2,4H3. The van der Waals surface area contributed by atoms with Crippen molar-refractivity contribution in [1.29, 1.82) is 0 Å². The normalized spacial score (nSPS) is 11.1. The first-order valence-corrected chi connectivity index (χ1v) is 6.42. The van der Waals surface area contributed by atoms with E-state index in [4.69, 9.17) is 10.2 Å². The van der Waals surface area contributed by atoms with Gasteiger partial charge >= 0.3 is 0 Å². The molecule has 0 fully saturated rings. The van der Waals surface area contributed by atoms with Gasteiger partial charge in [-0.15, -0.1) is 0 Å². The molecule has 20 heavy (non-hydrogen) atoms. The van der Waals surface area contributed by atoms with Crippen LogP contribution in [0.25, 0.3) is 33.2 Å². The number of aromatic nitrogens is 1. The molecule has 0 atom stereocenters. The fraction of sp³-hybridized carbons (Fsp3) is 0.118. The molecule has 1 aromatic carbocycles. The molecule has 0 saturated carbocycles. The predicted octanol–water partition coefficient (Wildman–Crippen LogP) is 4.63. The van der Waals surface area contributed by atoms with E-state index in [0.29, 0.717) is 11.4 Å². The lowest BCUT2D eigenvalue weighted by Gasteiger charge is -2.11. The minimum absolute atomic E-state index is 0.614. The van der Waals surface area contributed by atoms with Gasteiger partial charge in [0.2, 0.25) is 5.71 Å². The van der Waals surface area contributed by atoms with Crippen LogP contribution in [0, 0.1) is 0 Å². The van der Waals surface area contributed by atoms with E-state index in [1.54, 1.807) is 6.20 Å². The molecular formula is C17H16N2O. The number of nitrogens with two attached hydrogens (primary N) is 1. The Hall–Kier alpha value is -2.55. The molecule has 0 amide bonds. The number of nitrogens with zero attached hydrogens (tertiary/aromatic N) is 1. The number of nitrogen functional groups attached to an aromatic ring is 1. The van der Waals surface area contributed by atoms with Gasteiger partial charge in [0, 0.05) is 28.1 Å². The topological polar surface area (TPSA) is 52.0 Å². The number of allylic oxidation sites excluding steroid dienone is 2. The van der Waals surface area contributed by atoms with Crippen molar-refractivity contribution < 1.29 is 4.42 Å². The lowest BCUT2D eigenvalue weighted by molar-refractivity contribution is 0.653. The van der Waals surface area contributed by atoms with Gasteiger partial charge in [-0.25, -0.2) is 4.98 Å². The van der Waals surface area contributed by atoms with Gasteiger partial charge in [0.15, 0.2) is 0 Å². The fourth-order valence-corrected chi connectivity index (χ4v) is 2.54. The maximum Gasteiger partial charge on any atom is 0.227 e. The SMILES string of the molecule is C=C(C)c1cc2c(oc3ncccc32)c(C(=C)C)c1N. The summed E-state index contributed by atoms with van der Waals surface area (Å²) in [6.07, 6.45) is 1.72. The summed E-state index contributed by atoms with van der Waals surface area (Å²) in [5.41, 5.74) is 11.9. The monoisotopic (exact) mass is 264 g/mol. The maximum atomic E-state index is 6.27. The highest BCUT2D eigenvalue weighted by molar-refractivity contribution is 6.10. The van der Waals surface area contributed by atoms with E-state index in [2.05, 4.69) is 18.1 Å². The zero-order valence-corrected chi connectivity index (χ0v) is 11.7. The number of anilines is 1. The van der Waals surface area contributed by atoms with Crippen LogP contribution >= 0.6 is 0 Å². The zero-order valence-electron chi connectivity index (χ0n) is 11.7. The number of pyridine rings is 1. The smallest absolute Gasteiger partial charge is 0.227 e. The molecule has 0 aliphatic carbocycles. The molecule has 0 spiro atoms. The number of fused-ring (bicyclic) bond motifs is 3. The van der Waals surface area contributed by atoms with Crippen LogP contribution in [0.3, 0.4) is 0 Å². The van der Waals surface area contributed by atoms with Crippen LogP contribution < -0.4 is 5.73 Å². The molecule has 3 nitrogen and oxygen atoms in total. The molecule has 0 aliphatic heterocycles. The molecule has 2 N–H and O–H groups in total. The molecule has 0 saturated heterocycles. The quantitative estimate of drug-likeness (QED) is 0.686. The van der Waals surface area contributed by atoms with Crippen LogP contribution in [0.15, 0.2) is 42.0 Å². The summed E-state index contributed by atoms with van der Waals surface area (Å²) in [5, 5.41) is 1.98. The Morgan fingerprint density at radius 1 is 1.20 bits per heavy atom. The summed E-state index contributed by atoms with van der Waals surface area (Å²) in [5.74, 6) is 0. The van der Waals surface area contributed by atoms with E-state index in [9.17, 15) is 0 Å². The van der Waals surface area contributed by atoms with Crippen LogP contribution in [0.5, 0.6) is 0 Å². The van der Waals surface area contributed by atoms with Crippen molar-refractivity contribution in [3.8, 4) is 0 Å². The third-order valence-corrected chi connectivity index (χ3v) is 3.47. The first-order chi connectivity index (χ1) is 9.50. The number of furan rings is 1. The molecule has 0 radical (unpaired) electrons. The first-order valence-electron chi connectivity index (χ1n) is 6.42. The van der Waals surface area contributed by atoms with Gasteiger partial charge < -0.3 is 10.2 Å². The van der Waals surface area contributed by atoms with Crippen LogP contribution in [0.2, 0.25) is 0 Å². The van der Waals surface area contributed by atoms with Crippen LogP contribution in [-0.2, 0) is 0 Å². The molecule has 100 valence electrons. The van der Waals surface area contributed by atoms with Crippen molar-refractivity contribution in [2.45, 2.75) is 13.8 Å². The Labute approximate surface area is 117 Å². The summed E-state index contributed by atoms with van der Waals surface area (Å²) in [6, 6.07) is 5.91. The molecular weight excluding hydrogens is 248 g/mol. The first kappa shape index (κ1) is 12.5. The maximum absolute atomic E-state index is 6.27. The van der Waals surface area contributed by atoms with E-state index < -0.39 is 0 Å². The highest BCUT2D eigenvalue weighted by Crippen LogP contribution is 2.39. The number of rotatable bonds is 2. The lowest BCUT2D eigenvalue weighted by Crippen LogP contribution is -1.97. The van der Waals surface area contributed by atoms with Crippen molar-refractivity contribution in [3.63, 3.8) is 0 Å². The average molecular weight is 264 g/mol. The van der Waals surface area contributed by atoms with E-state index in [1.807, 2.05) is 32.0 Å². The van der Waals surface area contributed by atoms with E-state index in [1.165, 1.54) is 0 Å². The predicted molar refractivity (Wildman–Crippen MR) is 85.3 cm³/mol. The number of hydrogen-bond donors (Lipinski definition) is 1. The molecule has 3 rings (SSSR count). The Kier molecular flexibility index (Phi) is 2.64. The van der Waals surface area contributed by atoms with Crippen molar-refractivity contribution in [2.24, 2.45) is 0 Å². The molecule has 2 heterocycles. The lowest BCUT2D eigenvalue weighted by atomic mass is 9.95. The summed E-state index contributed by atoms with van der Waals surface area (Å²) < 4.78 is 5.88. The van der Waals surface area contributed by atoms with Gasteiger partial charge in [-0.1, -0.05) is 13.2 Å². The van der Waals surface area contributed by atoms with Crippen molar-refractivity contribution in [2.75, 3.05) is 5.73 Å². The van der Waals surface area contributed by atoms with Crippen LogP contribution in [-0.4, -0.2) is 4.98 Å². The van der Waals surface area contributed by atoms with Gasteiger partial charge in [0.25, 0.3) is 0 Å². The molecule has 2 aromatic heterocycles. The average Bonchev–Trinajstić information content (AvgIpc) is 2.74. The van der Waals surface area contributed by atoms with Crippen molar-refractivity contribution in [3.05, 3.63) is 48.7 Å². The third-order valence-electron chi connectivity index (χ3n) is 3.47. The second-order valence-electron chi connectivity index (χ2n) is 5.11. The highest BCUT2D eigenvalue weighted by Gasteiger charge is 2.18. The second-order valence-corrected chi connectivity index (χ2v) is 5.11. The van der Waals surface area contributed by atoms with Gasteiger partial charge in [-0.2, -0.15) is 0 Å². The van der Waals surface area contributed by atoms with Crippen molar-refractivity contribution >= 4 is 38.9 Å². The molecule has 0 bridgehead atoms. The summed E-state index contributed by atoms with van der Waals surface area (Å²) >= 11 is 0.